The summed E-state index contributed by atoms with van der Waals surface area (Å²) in [6.07, 6.45) is 5.52. The number of hydrogen-bond acceptors (Lipinski definition) is 1. The Morgan fingerprint density at radius 1 is 1.31 bits per heavy atom. The monoisotopic (exact) mass is 285 g/mol. The number of hydrogen-bond donors (Lipinski definition) is 1. The summed E-state index contributed by atoms with van der Waals surface area (Å²) in [5, 5.41) is 0. The largest absolute Gasteiger partial charge is 0.330 e. The molecule has 0 spiro atoms. The number of benzene rings is 1. The third kappa shape index (κ3) is 2.46. The first-order valence-electron chi connectivity index (χ1n) is 5.79. The van der Waals surface area contributed by atoms with Crippen molar-refractivity contribution in [3.05, 3.63) is 34.1 Å². The zero-order chi connectivity index (χ0) is 11.6. The second kappa shape index (κ2) is 4.84. The van der Waals surface area contributed by atoms with Gasteiger partial charge in [-0.25, -0.2) is 4.39 Å². The smallest absolute Gasteiger partial charge is 0.127 e. The molecule has 88 valence electrons. The number of nitrogens with two attached hydrogens (primary N) is 1. The first-order valence-corrected chi connectivity index (χ1v) is 6.59. The van der Waals surface area contributed by atoms with Gasteiger partial charge in [0.2, 0.25) is 0 Å². The van der Waals surface area contributed by atoms with Gasteiger partial charge in [-0.2, -0.15) is 0 Å². The molecule has 0 atom stereocenters. The summed E-state index contributed by atoms with van der Waals surface area (Å²) < 4.78 is 14.5. The lowest BCUT2D eigenvalue weighted by Gasteiger charge is -2.27. The molecule has 16 heavy (non-hydrogen) atoms. The lowest BCUT2D eigenvalue weighted by molar-refractivity contribution is 0.302. The summed E-state index contributed by atoms with van der Waals surface area (Å²) in [4.78, 5) is 0. The molecule has 1 aromatic rings. The van der Waals surface area contributed by atoms with Crippen molar-refractivity contribution in [1.82, 2.24) is 0 Å². The molecule has 1 aliphatic carbocycles. The Morgan fingerprint density at radius 3 is 2.56 bits per heavy atom. The van der Waals surface area contributed by atoms with Gasteiger partial charge in [-0.05, 0) is 48.9 Å². The minimum absolute atomic E-state index is 0.117. The molecular formula is C13H17BrFN. The van der Waals surface area contributed by atoms with Crippen LogP contribution in [0.3, 0.4) is 0 Å². The van der Waals surface area contributed by atoms with Crippen LogP contribution in [-0.2, 0) is 6.42 Å². The lowest BCUT2D eigenvalue weighted by atomic mass is 9.80. The standard InChI is InChI=1S/C13H17BrFN/c14-11-4-3-10(12(15)7-11)8-13(9-16)5-1-2-6-13/h3-4,7H,1-2,5-6,8-9,16H2. The van der Waals surface area contributed by atoms with E-state index in [1.54, 1.807) is 0 Å². The van der Waals surface area contributed by atoms with Crippen LogP contribution >= 0.6 is 15.9 Å². The summed E-state index contributed by atoms with van der Waals surface area (Å²) >= 11 is 3.27. The maximum absolute atomic E-state index is 13.7. The van der Waals surface area contributed by atoms with Crippen LogP contribution in [0.1, 0.15) is 31.2 Å². The highest BCUT2D eigenvalue weighted by Crippen LogP contribution is 2.40. The predicted molar refractivity (Wildman–Crippen MR) is 67.8 cm³/mol. The second-order valence-electron chi connectivity index (χ2n) is 4.82. The van der Waals surface area contributed by atoms with E-state index in [9.17, 15) is 4.39 Å². The van der Waals surface area contributed by atoms with E-state index in [-0.39, 0.29) is 11.2 Å². The fourth-order valence-corrected chi connectivity index (χ4v) is 2.98. The second-order valence-corrected chi connectivity index (χ2v) is 5.74. The minimum atomic E-state index is -0.117. The van der Waals surface area contributed by atoms with Crippen LogP contribution in [0.5, 0.6) is 0 Å². The fourth-order valence-electron chi connectivity index (χ4n) is 2.65. The molecule has 0 unspecified atom stereocenters. The summed E-state index contributed by atoms with van der Waals surface area (Å²) in [7, 11) is 0. The topological polar surface area (TPSA) is 26.0 Å². The Kier molecular flexibility index (Phi) is 3.65. The molecule has 1 nitrogen and oxygen atoms in total. The molecule has 0 bridgehead atoms. The zero-order valence-electron chi connectivity index (χ0n) is 9.31. The molecule has 3 heteroatoms. The van der Waals surface area contributed by atoms with E-state index in [4.69, 9.17) is 5.73 Å². The van der Waals surface area contributed by atoms with Crippen molar-refractivity contribution in [3.63, 3.8) is 0 Å². The maximum atomic E-state index is 13.7. The fraction of sp³-hybridized carbons (Fsp3) is 0.538. The molecule has 0 aromatic heterocycles. The Bertz CT molecular complexity index is 372. The van der Waals surface area contributed by atoms with E-state index >= 15 is 0 Å². The van der Waals surface area contributed by atoms with Gasteiger partial charge in [0.05, 0.1) is 0 Å². The normalized spacial score (nSPS) is 18.9. The number of halogens is 2. The molecule has 1 saturated carbocycles. The Labute approximate surface area is 104 Å². The van der Waals surface area contributed by atoms with E-state index in [0.717, 1.165) is 29.3 Å². The highest BCUT2D eigenvalue weighted by atomic mass is 79.9. The van der Waals surface area contributed by atoms with Crippen LogP contribution in [-0.4, -0.2) is 6.54 Å². The van der Waals surface area contributed by atoms with Crippen molar-refractivity contribution in [2.24, 2.45) is 11.1 Å². The summed E-state index contributed by atoms with van der Waals surface area (Å²) in [5.41, 5.74) is 6.81. The minimum Gasteiger partial charge on any atom is -0.330 e. The van der Waals surface area contributed by atoms with Gasteiger partial charge in [-0.1, -0.05) is 34.8 Å². The van der Waals surface area contributed by atoms with Crippen molar-refractivity contribution in [1.29, 1.82) is 0 Å². The van der Waals surface area contributed by atoms with E-state index in [1.807, 2.05) is 12.1 Å². The molecule has 0 saturated heterocycles. The summed E-state index contributed by atoms with van der Waals surface area (Å²) in [6.45, 7) is 0.669. The van der Waals surface area contributed by atoms with Gasteiger partial charge in [-0.3, -0.25) is 0 Å². The van der Waals surface area contributed by atoms with Gasteiger partial charge in [0.15, 0.2) is 0 Å². The van der Waals surface area contributed by atoms with E-state index in [0.29, 0.717) is 6.54 Å². The van der Waals surface area contributed by atoms with Crippen LogP contribution in [0.25, 0.3) is 0 Å². The average Bonchev–Trinajstić information content (AvgIpc) is 2.72. The molecule has 0 heterocycles. The first kappa shape index (κ1) is 12.1. The number of rotatable bonds is 3. The van der Waals surface area contributed by atoms with Crippen molar-refractivity contribution in [2.75, 3.05) is 6.54 Å². The zero-order valence-corrected chi connectivity index (χ0v) is 10.9. The van der Waals surface area contributed by atoms with Crippen molar-refractivity contribution in [3.8, 4) is 0 Å². The Balaban J connectivity index is 2.19. The van der Waals surface area contributed by atoms with Gasteiger partial charge in [-0.15, -0.1) is 0 Å². The third-order valence-electron chi connectivity index (χ3n) is 3.68. The van der Waals surface area contributed by atoms with Gasteiger partial charge >= 0.3 is 0 Å². The van der Waals surface area contributed by atoms with Crippen molar-refractivity contribution in [2.45, 2.75) is 32.1 Å². The Hall–Kier alpha value is -0.410. The van der Waals surface area contributed by atoms with Crippen LogP contribution in [0.4, 0.5) is 4.39 Å². The van der Waals surface area contributed by atoms with E-state index in [2.05, 4.69) is 15.9 Å². The average molecular weight is 286 g/mol. The van der Waals surface area contributed by atoms with Crippen LogP contribution in [0.2, 0.25) is 0 Å². The molecular weight excluding hydrogens is 269 g/mol. The predicted octanol–water partition coefficient (Wildman–Crippen LogP) is 3.65. The molecule has 2 rings (SSSR count). The molecule has 1 aliphatic rings. The van der Waals surface area contributed by atoms with Crippen LogP contribution < -0.4 is 5.73 Å². The molecule has 0 radical (unpaired) electrons. The van der Waals surface area contributed by atoms with E-state index in [1.165, 1.54) is 18.9 Å². The molecule has 1 fully saturated rings. The van der Waals surface area contributed by atoms with Gasteiger partial charge in [0.25, 0.3) is 0 Å². The van der Waals surface area contributed by atoms with Crippen LogP contribution in [0.15, 0.2) is 22.7 Å². The van der Waals surface area contributed by atoms with Gasteiger partial charge in [0, 0.05) is 4.47 Å². The van der Waals surface area contributed by atoms with Gasteiger partial charge < -0.3 is 5.73 Å². The molecule has 2 N–H and O–H groups in total. The quantitative estimate of drug-likeness (QED) is 0.901. The van der Waals surface area contributed by atoms with Crippen LogP contribution in [0, 0.1) is 11.2 Å². The SMILES string of the molecule is NCC1(Cc2ccc(Br)cc2F)CCCC1. The Morgan fingerprint density at radius 2 is 2.00 bits per heavy atom. The van der Waals surface area contributed by atoms with Gasteiger partial charge in [0.1, 0.15) is 5.82 Å². The third-order valence-corrected chi connectivity index (χ3v) is 4.17. The molecule has 1 aromatic carbocycles. The highest BCUT2D eigenvalue weighted by Gasteiger charge is 2.33. The summed E-state index contributed by atoms with van der Waals surface area (Å²) in [6, 6.07) is 5.31. The lowest BCUT2D eigenvalue weighted by Crippen LogP contribution is -2.30. The maximum Gasteiger partial charge on any atom is 0.127 e. The van der Waals surface area contributed by atoms with Crippen molar-refractivity contribution < 1.29 is 4.39 Å². The highest BCUT2D eigenvalue weighted by molar-refractivity contribution is 9.10. The first-order chi connectivity index (χ1) is 7.65. The van der Waals surface area contributed by atoms with E-state index < -0.39 is 0 Å². The molecule has 0 amide bonds. The molecule has 0 aliphatic heterocycles. The summed E-state index contributed by atoms with van der Waals surface area (Å²) in [5.74, 6) is -0.117. The van der Waals surface area contributed by atoms with Crippen molar-refractivity contribution >= 4 is 15.9 Å².